The Hall–Kier alpha value is -0.570. The fraction of sp³-hybridized carbons (Fsp3) is 0.857. The summed E-state index contributed by atoms with van der Waals surface area (Å²) in [4.78, 5) is 10.5. The van der Waals surface area contributed by atoms with Gasteiger partial charge in [-0.2, -0.15) is 0 Å². The molecule has 3 aliphatic carbocycles. The van der Waals surface area contributed by atoms with Crippen LogP contribution in [0, 0.1) is 11.8 Å². The average Bonchev–Trinajstić information content (AvgIpc) is 2.17. The average molecular weight is 142 g/mol. The highest BCUT2D eigenvalue weighted by atomic mass is 16.4. The summed E-state index contributed by atoms with van der Waals surface area (Å²) in [6.07, 6.45) is 2.32. The van der Waals surface area contributed by atoms with Crippen molar-refractivity contribution in [2.75, 3.05) is 0 Å². The first-order valence-corrected chi connectivity index (χ1v) is 3.58. The van der Waals surface area contributed by atoms with Crippen LogP contribution in [0.1, 0.15) is 19.3 Å². The van der Waals surface area contributed by atoms with Crippen LogP contribution in [0.4, 0.5) is 0 Å². The van der Waals surface area contributed by atoms with Gasteiger partial charge in [0.1, 0.15) is 0 Å². The van der Waals surface area contributed by atoms with Crippen LogP contribution >= 0.6 is 0 Å². The summed E-state index contributed by atoms with van der Waals surface area (Å²) >= 11 is 0. The van der Waals surface area contributed by atoms with Crippen LogP contribution in [0.5, 0.6) is 0 Å². The minimum Gasteiger partial charge on any atom is -0.479 e. The number of fused-ring (bicyclic) bond motifs is 1. The third kappa shape index (κ3) is 0.515. The standard InChI is InChI=1S/C7H10O3/c8-6(9)7(10)3-4-1-5(7)2-4/h4-5,10H,1-3H2,(H,8,9). The summed E-state index contributed by atoms with van der Waals surface area (Å²) in [6.45, 7) is 0. The molecule has 3 rings (SSSR count). The Balaban J connectivity index is 2.23. The van der Waals surface area contributed by atoms with Crippen molar-refractivity contribution in [3.8, 4) is 0 Å². The Morgan fingerprint density at radius 2 is 2.10 bits per heavy atom. The van der Waals surface area contributed by atoms with E-state index in [1.54, 1.807) is 0 Å². The Bertz CT molecular complexity index is 183. The smallest absolute Gasteiger partial charge is 0.335 e. The number of carbonyl (C=O) groups is 1. The van der Waals surface area contributed by atoms with Gasteiger partial charge in [0.2, 0.25) is 0 Å². The fourth-order valence-electron chi connectivity index (χ4n) is 2.16. The molecule has 1 unspecified atom stereocenters. The largest absolute Gasteiger partial charge is 0.479 e. The molecule has 0 aliphatic heterocycles. The fourth-order valence-corrected chi connectivity index (χ4v) is 2.16. The van der Waals surface area contributed by atoms with E-state index in [0.29, 0.717) is 12.3 Å². The molecule has 3 nitrogen and oxygen atoms in total. The summed E-state index contributed by atoms with van der Waals surface area (Å²) in [6, 6.07) is 0. The summed E-state index contributed by atoms with van der Waals surface area (Å²) in [5.41, 5.74) is -1.36. The third-order valence-corrected chi connectivity index (χ3v) is 2.88. The molecule has 0 aromatic carbocycles. The molecule has 0 saturated heterocycles. The van der Waals surface area contributed by atoms with Gasteiger partial charge in [-0.25, -0.2) is 4.79 Å². The lowest BCUT2D eigenvalue weighted by Gasteiger charge is -2.26. The first-order chi connectivity index (χ1) is 4.63. The maximum atomic E-state index is 10.5. The first-order valence-electron chi connectivity index (χ1n) is 3.58. The topological polar surface area (TPSA) is 57.5 Å². The highest BCUT2D eigenvalue weighted by Gasteiger charge is 2.58. The van der Waals surface area contributed by atoms with Crippen LogP contribution in [0.25, 0.3) is 0 Å². The van der Waals surface area contributed by atoms with Gasteiger partial charge in [-0.1, -0.05) is 0 Å². The van der Waals surface area contributed by atoms with Gasteiger partial charge < -0.3 is 10.2 Å². The van der Waals surface area contributed by atoms with Crippen LogP contribution in [-0.2, 0) is 4.79 Å². The molecule has 0 radical (unpaired) electrons. The quantitative estimate of drug-likeness (QED) is 0.551. The van der Waals surface area contributed by atoms with E-state index in [1.807, 2.05) is 0 Å². The number of aliphatic carboxylic acids is 1. The monoisotopic (exact) mass is 142 g/mol. The van der Waals surface area contributed by atoms with Crippen molar-refractivity contribution in [2.24, 2.45) is 11.8 Å². The number of hydrogen-bond donors (Lipinski definition) is 2. The number of rotatable bonds is 1. The molecule has 56 valence electrons. The van der Waals surface area contributed by atoms with Crippen LogP contribution in [0.15, 0.2) is 0 Å². The van der Waals surface area contributed by atoms with E-state index in [9.17, 15) is 9.90 Å². The van der Waals surface area contributed by atoms with E-state index in [4.69, 9.17) is 5.11 Å². The maximum absolute atomic E-state index is 10.5. The molecule has 0 heterocycles. The first kappa shape index (κ1) is 6.16. The molecule has 0 aromatic heterocycles. The molecular weight excluding hydrogens is 132 g/mol. The Labute approximate surface area is 58.7 Å². The highest BCUT2D eigenvalue weighted by molar-refractivity contribution is 5.78. The maximum Gasteiger partial charge on any atom is 0.335 e. The van der Waals surface area contributed by atoms with E-state index in [1.165, 1.54) is 0 Å². The van der Waals surface area contributed by atoms with Gasteiger partial charge in [0, 0.05) is 0 Å². The molecule has 0 aromatic rings. The van der Waals surface area contributed by atoms with Crippen molar-refractivity contribution < 1.29 is 15.0 Å². The molecule has 3 heteroatoms. The van der Waals surface area contributed by atoms with Crippen molar-refractivity contribution in [2.45, 2.75) is 24.9 Å². The van der Waals surface area contributed by atoms with E-state index in [-0.39, 0.29) is 5.92 Å². The number of carboxylic acids is 1. The molecule has 3 fully saturated rings. The third-order valence-electron chi connectivity index (χ3n) is 2.88. The van der Waals surface area contributed by atoms with Crippen molar-refractivity contribution in [3.63, 3.8) is 0 Å². The van der Waals surface area contributed by atoms with Gasteiger partial charge in [0.25, 0.3) is 0 Å². The zero-order valence-corrected chi connectivity index (χ0v) is 5.58. The predicted octanol–water partition coefficient (Wildman–Crippen LogP) is 0.232. The predicted molar refractivity (Wildman–Crippen MR) is 33.4 cm³/mol. The van der Waals surface area contributed by atoms with Crippen LogP contribution in [0.2, 0.25) is 0 Å². The second kappa shape index (κ2) is 1.53. The van der Waals surface area contributed by atoms with Gasteiger partial charge in [-0.15, -0.1) is 0 Å². The van der Waals surface area contributed by atoms with Gasteiger partial charge in [-0.05, 0) is 31.1 Å². The molecular formula is C7H10O3. The molecule has 2 N–H and O–H groups in total. The summed E-state index contributed by atoms with van der Waals surface area (Å²) in [7, 11) is 0. The van der Waals surface area contributed by atoms with Gasteiger partial charge in [0.05, 0.1) is 0 Å². The van der Waals surface area contributed by atoms with Crippen molar-refractivity contribution in [1.82, 2.24) is 0 Å². The lowest BCUT2D eigenvalue weighted by atomic mass is 9.81. The minimum absolute atomic E-state index is 0.0509. The summed E-state index contributed by atoms with van der Waals surface area (Å²) in [5.74, 6) is -0.487. The molecule has 2 bridgehead atoms. The Morgan fingerprint density at radius 1 is 1.50 bits per heavy atom. The van der Waals surface area contributed by atoms with Crippen LogP contribution < -0.4 is 0 Å². The molecule has 10 heavy (non-hydrogen) atoms. The number of hydrogen-bond acceptors (Lipinski definition) is 2. The molecule has 1 atom stereocenters. The molecule has 0 spiro atoms. The molecule has 3 saturated carbocycles. The second-order valence-corrected chi connectivity index (χ2v) is 3.47. The Kier molecular flexibility index (Phi) is 0.944. The molecule has 0 amide bonds. The number of carboxylic acid groups (broad SMARTS) is 1. The van der Waals surface area contributed by atoms with Crippen LogP contribution in [0.3, 0.4) is 0 Å². The molecule has 3 aliphatic rings. The highest BCUT2D eigenvalue weighted by Crippen LogP contribution is 2.54. The summed E-state index contributed by atoms with van der Waals surface area (Å²) < 4.78 is 0. The lowest BCUT2D eigenvalue weighted by Crippen LogP contribution is -2.40. The van der Waals surface area contributed by atoms with Crippen molar-refractivity contribution in [3.05, 3.63) is 0 Å². The zero-order valence-electron chi connectivity index (χ0n) is 5.58. The normalized spacial score (nSPS) is 50.5. The SMILES string of the molecule is O=C(O)C1(O)CC2CC1C2. The Morgan fingerprint density at radius 3 is 2.30 bits per heavy atom. The van der Waals surface area contributed by atoms with E-state index >= 15 is 0 Å². The lowest BCUT2D eigenvalue weighted by molar-refractivity contribution is -0.161. The van der Waals surface area contributed by atoms with Gasteiger partial charge >= 0.3 is 5.97 Å². The van der Waals surface area contributed by atoms with E-state index in [0.717, 1.165) is 12.8 Å². The zero-order chi connectivity index (χ0) is 7.35. The van der Waals surface area contributed by atoms with Crippen molar-refractivity contribution in [1.29, 1.82) is 0 Å². The number of aliphatic hydroxyl groups is 1. The second-order valence-electron chi connectivity index (χ2n) is 3.47. The van der Waals surface area contributed by atoms with E-state index in [2.05, 4.69) is 0 Å². The van der Waals surface area contributed by atoms with Gasteiger partial charge in [-0.3, -0.25) is 0 Å². The van der Waals surface area contributed by atoms with Crippen molar-refractivity contribution >= 4 is 5.97 Å². The summed E-state index contributed by atoms with van der Waals surface area (Å²) in [5, 5.41) is 18.1. The van der Waals surface area contributed by atoms with Crippen LogP contribution in [-0.4, -0.2) is 21.8 Å². The van der Waals surface area contributed by atoms with Gasteiger partial charge in [0.15, 0.2) is 5.60 Å². The van der Waals surface area contributed by atoms with E-state index < -0.39 is 11.6 Å². The minimum atomic E-state index is -1.36.